The summed E-state index contributed by atoms with van der Waals surface area (Å²) in [5.41, 5.74) is 5.22. The van der Waals surface area contributed by atoms with E-state index in [9.17, 15) is 4.79 Å². The summed E-state index contributed by atoms with van der Waals surface area (Å²) in [6, 6.07) is -0.690. The van der Waals surface area contributed by atoms with E-state index in [0.29, 0.717) is 12.3 Å². The average molecular weight is 198 g/mol. The molecule has 0 unspecified atom stereocenters. The predicted octanol–water partition coefficient (Wildman–Crippen LogP) is 0.323. The van der Waals surface area contributed by atoms with Crippen molar-refractivity contribution in [3.63, 3.8) is 0 Å². The van der Waals surface area contributed by atoms with Gasteiger partial charge in [0.2, 0.25) is 0 Å². The Labute approximate surface area is 75.4 Å². The third-order valence-corrected chi connectivity index (χ3v) is 1.04. The van der Waals surface area contributed by atoms with Crippen LogP contribution in [0.3, 0.4) is 0 Å². The maximum absolute atomic E-state index is 10.1. The van der Waals surface area contributed by atoms with E-state index in [1.165, 1.54) is 0 Å². The Morgan fingerprint density at radius 3 is 2.00 bits per heavy atom. The first-order valence-electron chi connectivity index (χ1n) is 3.20. The molecule has 0 aliphatic carbocycles. The van der Waals surface area contributed by atoms with E-state index in [4.69, 9.17) is 14.5 Å². The number of carboxylic acid groups (broad SMARTS) is 1. The normalized spacial score (nSPS) is 11.5. The van der Waals surface area contributed by atoms with Gasteiger partial charge in [0.15, 0.2) is 0 Å². The molecule has 0 bridgehead atoms. The SMILES string of the molecule is CC(C)C[C@H](N)C(=O)O.[O]=[V]. The van der Waals surface area contributed by atoms with Gasteiger partial charge in [-0.15, -0.1) is 0 Å². The van der Waals surface area contributed by atoms with E-state index in [1.807, 2.05) is 13.8 Å². The number of carboxylic acids is 1. The molecule has 0 amide bonds. The minimum atomic E-state index is -0.913. The molecular weight excluding hydrogens is 185 g/mol. The summed E-state index contributed by atoms with van der Waals surface area (Å²) in [5, 5.41) is 8.31. The van der Waals surface area contributed by atoms with Crippen LogP contribution in [0.4, 0.5) is 0 Å². The van der Waals surface area contributed by atoms with Crippen molar-refractivity contribution in [1.82, 2.24) is 0 Å². The van der Waals surface area contributed by atoms with Crippen LogP contribution in [0.2, 0.25) is 0 Å². The molecule has 0 saturated carbocycles. The average Bonchev–Trinajstić information content (AvgIpc) is 1.90. The molecule has 0 fully saturated rings. The van der Waals surface area contributed by atoms with E-state index in [0.717, 1.165) is 17.4 Å². The molecule has 65 valence electrons. The van der Waals surface area contributed by atoms with Gasteiger partial charge >= 0.3 is 27.0 Å². The van der Waals surface area contributed by atoms with Crippen molar-refractivity contribution in [3.05, 3.63) is 0 Å². The van der Waals surface area contributed by atoms with Crippen LogP contribution in [0.15, 0.2) is 0 Å². The van der Waals surface area contributed by atoms with Gasteiger partial charge in [-0.25, -0.2) is 0 Å². The van der Waals surface area contributed by atoms with Crippen molar-refractivity contribution in [1.29, 1.82) is 0 Å². The van der Waals surface area contributed by atoms with E-state index >= 15 is 0 Å². The first-order chi connectivity index (χ1) is 5.04. The quantitative estimate of drug-likeness (QED) is 0.684. The van der Waals surface area contributed by atoms with Crippen molar-refractivity contribution in [3.8, 4) is 0 Å². The Balaban J connectivity index is 0. The van der Waals surface area contributed by atoms with Gasteiger partial charge in [-0.1, -0.05) is 13.8 Å². The number of hydrogen-bond donors (Lipinski definition) is 2. The van der Waals surface area contributed by atoms with E-state index < -0.39 is 12.0 Å². The second-order valence-corrected chi connectivity index (χ2v) is 2.57. The second-order valence-electron chi connectivity index (χ2n) is 2.57. The van der Waals surface area contributed by atoms with Gasteiger partial charge in [-0.2, -0.15) is 0 Å². The molecule has 0 aliphatic heterocycles. The summed E-state index contributed by atoms with van der Waals surface area (Å²) in [5.74, 6) is -0.556. The van der Waals surface area contributed by atoms with Crippen molar-refractivity contribution in [2.75, 3.05) is 0 Å². The van der Waals surface area contributed by atoms with Crippen LogP contribution in [0.5, 0.6) is 0 Å². The van der Waals surface area contributed by atoms with E-state index in [2.05, 4.69) is 0 Å². The predicted molar refractivity (Wildman–Crippen MR) is 35.8 cm³/mol. The molecule has 0 rings (SSSR count). The Hall–Kier alpha value is -0.186. The summed E-state index contributed by atoms with van der Waals surface area (Å²) in [6.45, 7) is 3.89. The van der Waals surface area contributed by atoms with Crippen molar-refractivity contribution < 1.29 is 30.9 Å². The maximum atomic E-state index is 10.1. The van der Waals surface area contributed by atoms with Gasteiger partial charge in [-0.3, -0.25) is 4.79 Å². The molecule has 11 heavy (non-hydrogen) atoms. The first kappa shape index (κ1) is 13.4. The Morgan fingerprint density at radius 1 is 1.55 bits per heavy atom. The van der Waals surface area contributed by atoms with Crippen LogP contribution in [0, 0.1) is 5.92 Å². The standard InChI is InChI=1S/C6H13NO2.O.V/c1-4(2)3-5(7)6(8)9;;/h4-5H,3,7H2,1-2H3,(H,8,9);;/t5-;;/m0../s1. The Morgan fingerprint density at radius 2 is 1.91 bits per heavy atom. The van der Waals surface area contributed by atoms with Crippen molar-refractivity contribution in [2.45, 2.75) is 26.3 Å². The molecule has 0 heterocycles. The summed E-state index contributed by atoms with van der Waals surface area (Å²) in [4.78, 5) is 10.1. The third kappa shape index (κ3) is 9.81. The first-order valence-corrected chi connectivity index (χ1v) is 3.77. The molecule has 1 atom stereocenters. The fourth-order valence-corrected chi connectivity index (χ4v) is 0.609. The van der Waals surface area contributed by atoms with Crippen LogP contribution in [0.25, 0.3) is 0 Å². The fourth-order valence-electron chi connectivity index (χ4n) is 0.609. The number of nitrogens with two attached hydrogens (primary N) is 1. The Kier molecular flexibility index (Phi) is 9.65. The van der Waals surface area contributed by atoms with Crippen LogP contribution >= 0.6 is 0 Å². The van der Waals surface area contributed by atoms with E-state index in [-0.39, 0.29) is 0 Å². The van der Waals surface area contributed by atoms with Gasteiger partial charge < -0.3 is 10.8 Å². The third-order valence-electron chi connectivity index (χ3n) is 1.04. The van der Waals surface area contributed by atoms with Crippen LogP contribution in [-0.4, -0.2) is 17.1 Å². The zero-order valence-corrected chi connectivity index (χ0v) is 8.05. The molecule has 0 aromatic carbocycles. The molecule has 0 aromatic heterocycles. The number of rotatable bonds is 3. The molecule has 0 saturated heterocycles. The number of aliphatic carboxylic acids is 1. The topological polar surface area (TPSA) is 80.4 Å². The van der Waals surface area contributed by atoms with Crippen LogP contribution in [-0.2, 0) is 25.8 Å². The summed E-state index contributed by atoms with van der Waals surface area (Å²) >= 11 is 1.06. The summed E-state index contributed by atoms with van der Waals surface area (Å²) in [6.07, 6.45) is 0.551. The fraction of sp³-hybridized carbons (Fsp3) is 0.833. The molecule has 0 radical (unpaired) electrons. The van der Waals surface area contributed by atoms with Gasteiger partial charge in [0, 0.05) is 0 Å². The monoisotopic (exact) mass is 198 g/mol. The molecule has 0 aromatic rings. The van der Waals surface area contributed by atoms with Gasteiger partial charge in [0.25, 0.3) is 0 Å². The molecule has 4 nitrogen and oxygen atoms in total. The number of carbonyl (C=O) groups is 1. The molecule has 5 heteroatoms. The van der Waals surface area contributed by atoms with Crippen LogP contribution in [0.1, 0.15) is 20.3 Å². The van der Waals surface area contributed by atoms with E-state index in [1.54, 1.807) is 0 Å². The molecule has 0 spiro atoms. The van der Waals surface area contributed by atoms with Crippen molar-refractivity contribution in [2.24, 2.45) is 11.7 Å². The van der Waals surface area contributed by atoms with Gasteiger partial charge in [-0.05, 0) is 12.3 Å². The minimum absolute atomic E-state index is 0.357. The molecule has 0 aliphatic rings. The molecular formula is C6H13NO3V. The number of hydrogen-bond acceptors (Lipinski definition) is 3. The van der Waals surface area contributed by atoms with Gasteiger partial charge in [0.05, 0.1) is 0 Å². The van der Waals surface area contributed by atoms with Crippen molar-refractivity contribution >= 4 is 5.97 Å². The Bertz CT molecular complexity index is 118. The van der Waals surface area contributed by atoms with Crippen LogP contribution < -0.4 is 5.73 Å². The summed E-state index contributed by atoms with van der Waals surface area (Å²) < 4.78 is 8.19. The second kappa shape index (κ2) is 7.92. The summed E-state index contributed by atoms with van der Waals surface area (Å²) in [7, 11) is 0. The zero-order valence-electron chi connectivity index (χ0n) is 6.65. The molecule has 3 N–H and O–H groups in total. The zero-order chi connectivity index (χ0) is 9.44. The van der Waals surface area contributed by atoms with Gasteiger partial charge in [0.1, 0.15) is 6.04 Å².